The molecule has 0 saturated carbocycles. The fourth-order valence-corrected chi connectivity index (χ4v) is 2.96. The van der Waals surface area contributed by atoms with Crippen molar-refractivity contribution in [2.75, 3.05) is 10.6 Å². The number of para-hydroxylation sites is 1. The van der Waals surface area contributed by atoms with E-state index in [1.54, 1.807) is 24.3 Å². The molecule has 0 aliphatic heterocycles. The summed E-state index contributed by atoms with van der Waals surface area (Å²) in [7, 11) is 0. The Hall–Kier alpha value is -0.0973. The van der Waals surface area contributed by atoms with Crippen molar-refractivity contribution < 1.29 is 144 Å². The van der Waals surface area contributed by atoms with Crippen LogP contribution in [-0.4, -0.2) is 49.4 Å². The minimum atomic E-state index is -0.747. The molecule has 22 heteroatoms. The summed E-state index contributed by atoms with van der Waals surface area (Å²) < 4.78 is 5.95. The van der Waals surface area contributed by atoms with Crippen LogP contribution >= 0.6 is 47.1 Å². The Bertz CT molecular complexity index is 1090. The third-order valence-corrected chi connectivity index (χ3v) is 4.41. The second-order valence-corrected chi connectivity index (χ2v) is 7.75. The minimum Gasteiger partial charge on any atom is -1.00 e. The molecule has 3 aromatic rings. The van der Waals surface area contributed by atoms with Crippen LogP contribution in [0.2, 0.25) is 0 Å². The average Bonchev–Trinajstić information content (AvgIpc) is 3.43. The Morgan fingerprint density at radius 1 is 1.06 bits per heavy atom. The second kappa shape index (κ2) is 25.5. The Kier molecular flexibility index (Phi) is 28.8. The zero-order chi connectivity index (χ0) is 25.1. The molecule has 0 fully saturated rings. The van der Waals surface area contributed by atoms with E-state index in [9.17, 15) is 9.59 Å². The maximum absolute atomic E-state index is 11.4. The molecular formula is C13H16K2N8O8S4. The molecule has 182 valence electrons. The number of anilines is 2. The summed E-state index contributed by atoms with van der Waals surface area (Å²) in [5.41, 5.74) is 1.39. The number of nitrogens with two attached hydrogens (primary N) is 1. The predicted molar refractivity (Wildman–Crippen MR) is 119 cm³/mol. The molecule has 3 rings (SSSR count). The van der Waals surface area contributed by atoms with Crippen molar-refractivity contribution in [2.24, 2.45) is 5.90 Å². The SMILES string of the molecule is NO.O=C(NO)Nc1n[nH]c(=S)s1.O=C(Nc1n[nH]c(=S)s1)Oc1ccccc1.O=CO[O-].[H-].[K+].[K+]. The molecule has 2 heterocycles. The van der Waals surface area contributed by atoms with Crippen molar-refractivity contribution in [3.05, 3.63) is 38.2 Å². The number of hydroxylamine groups is 1. The van der Waals surface area contributed by atoms with Gasteiger partial charge >= 0.3 is 115 Å². The number of hydrogen-bond donors (Lipinski definition) is 8. The Labute approximate surface area is 301 Å². The molecule has 0 unspecified atom stereocenters. The van der Waals surface area contributed by atoms with Gasteiger partial charge < -0.3 is 21.5 Å². The first-order valence-electron chi connectivity index (χ1n) is 7.72. The van der Waals surface area contributed by atoms with E-state index in [1.807, 2.05) is 6.07 Å². The molecule has 0 aliphatic carbocycles. The molecule has 16 nitrogen and oxygen atoms in total. The topological polar surface area (TPSA) is 253 Å². The zero-order valence-corrected chi connectivity index (χ0v) is 27.4. The van der Waals surface area contributed by atoms with E-state index in [1.165, 1.54) is 5.48 Å². The van der Waals surface area contributed by atoms with Crippen LogP contribution in [0, 0.1) is 7.91 Å². The fourth-order valence-electron chi connectivity index (χ4n) is 1.40. The van der Waals surface area contributed by atoms with E-state index in [0.29, 0.717) is 23.9 Å². The molecule has 0 saturated heterocycles. The van der Waals surface area contributed by atoms with Crippen molar-refractivity contribution in [2.45, 2.75) is 0 Å². The molecule has 0 radical (unpaired) electrons. The number of urea groups is 1. The Morgan fingerprint density at radius 3 is 1.89 bits per heavy atom. The van der Waals surface area contributed by atoms with Gasteiger partial charge in [-0.05, 0) is 36.6 Å². The van der Waals surface area contributed by atoms with E-state index in [4.69, 9.17) is 37.4 Å². The van der Waals surface area contributed by atoms with Gasteiger partial charge in [-0.15, -0.1) is 10.2 Å². The molecule has 0 aliphatic rings. The maximum atomic E-state index is 11.4. The van der Waals surface area contributed by atoms with E-state index in [2.05, 4.69) is 54.0 Å². The number of rotatable bonds is 4. The van der Waals surface area contributed by atoms with Gasteiger partial charge in [0.25, 0.3) is 6.47 Å². The number of hydrogen-bond acceptors (Lipinski definition) is 15. The van der Waals surface area contributed by atoms with Crippen molar-refractivity contribution in [3.63, 3.8) is 0 Å². The van der Waals surface area contributed by atoms with Crippen LogP contribution in [-0.2, 0) is 9.68 Å². The van der Waals surface area contributed by atoms with Crippen LogP contribution < -0.4 is 135 Å². The smallest absolute Gasteiger partial charge is 1.00 e. The summed E-state index contributed by atoms with van der Waals surface area (Å²) in [5.74, 6) is 3.97. The molecule has 0 bridgehead atoms. The van der Waals surface area contributed by atoms with Crippen molar-refractivity contribution in [3.8, 4) is 5.75 Å². The molecule has 9 N–H and O–H groups in total. The van der Waals surface area contributed by atoms with Gasteiger partial charge in [-0.3, -0.25) is 30.8 Å². The van der Waals surface area contributed by atoms with E-state index < -0.39 is 12.1 Å². The van der Waals surface area contributed by atoms with Gasteiger partial charge in [0.2, 0.25) is 10.3 Å². The Balaban J connectivity index is -0.000000226. The third kappa shape index (κ3) is 20.6. The number of nitrogens with one attached hydrogen (secondary N) is 5. The number of nitrogens with zero attached hydrogens (tertiary/aromatic N) is 2. The summed E-state index contributed by atoms with van der Waals surface area (Å²) in [5, 5.41) is 40.8. The average molecular weight is 619 g/mol. The van der Waals surface area contributed by atoms with Crippen molar-refractivity contribution in [1.82, 2.24) is 25.9 Å². The first-order chi connectivity index (χ1) is 15.9. The van der Waals surface area contributed by atoms with Crippen LogP contribution in [0.25, 0.3) is 0 Å². The van der Waals surface area contributed by atoms with Gasteiger partial charge in [-0.1, -0.05) is 40.9 Å². The van der Waals surface area contributed by atoms with Gasteiger partial charge in [0.05, 0.1) is 0 Å². The minimum absolute atomic E-state index is 0. The first kappa shape index (κ1) is 39.4. The second-order valence-electron chi connectivity index (χ2n) is 4.42. The van der Waals surface area contributed by atoms with Crippen LogP contribution in [0.5, 0.6) is 5.75 Å². The van der Waals surface area contributed by atoms with Gasteiger partial charge in [-0.25, -0.2) is 21.0 Å². The van der Waals surface area contributed by atoms with Gasteiger partial charge in [0.15, 0.2) is 7.91 Å². The van der Waals surface area contributed by atoms with Gasteiger partial charge in [0.1, 0.15) is 5.75 Å². The number of aromatic nitrogens is 4. The van der Waals surface area contributed by atoms with Crippen molar-refractivity contribution in [1.29, 1.82) is 0 Å². The first-order valence-corrected chi connectivity index (χ1v) is 10.2. The number of aromatic amines is 2. The molecule has 0 spiro atoms. The molecule has 0 atom stereocenters. The maximum Gasteiger partial charge on any atom is 1.00 e. The van der Waals surface area contributed by atoms with Crippen LogP contribution in [0.1, 0.15) is 1.43 Å². The number of carbonyl (C=O) groups excluding carboxylic acids is 3. The van der Waals surface area contributed by atoms with Gasteiger partial charge in [-0.2, -0.15) is 0 Å². The summed E-state index contributed by atoms with van der Waals surface area (Å²) in [6.45, 7) is -0.181. The zero-order valence-electron chi connectivity index (χ0n) is 18.9. The van der Waals surface area contributed by atoms with Crippen LogP contribution in [0.3, 0.4) is 0 Å². The van der Waals surface area contributed by atoms with Crippen LogP contribution in [0.15, 0.2) is 30.3 Å². The summed E-state index contributed by atoms with van der Waals surface area (Å²) in [4.78, 5) is 33.1. The quantitative estimate of drug-likeness (QED) is 0.0343. The van der Waals surface area contributed by atoms with E-state index in [-0.39, 0.29) is 111 Å². The molecule has 2 aromatic heterocycles. The predicted octanol–water partition coefficient (Wildman–Crippen LogP) is -4.59. The molecule has 1 aromatic carbocycles. The Morgan fingerprint density at radius 2 is 1.51 bits per heavy atom. The number of carbonyl (C=O) groups is 3. The summed E-state index contributed by atoms with van der Waals surface area (Å²) in [6.07, 6.45) is -0.594. The fraction of sp³-hybridized carbons (Fsp3) is 0. The van der Waals surface area contributed by atoms with Crippen molar-refractivity contribution >= 4 is 76.0 Å². The van der Waals surface area contributed by atoms with Crippen LogP contribution in [0.4, 0.5) is 19.9 Å². The molecule has 3 amide bonds. The summed E-state index contributed by atoms with van der Waals surface area (Å²) >= 11 is 11.8. The molecule has 35 heavy (non-hydrogen) atoms. The summed E-state index contributed by atoms with van der Waals surface area (Å²) in [6, 6.07) is 8.02. The normalized spacial score (nSPS) is 8.11. The number of benzene rings is 1. The van der Waals surface area contributed by atoms with E-state index >= 15 is 0 Å². The standard InChI is InChI=1S/C9H7N3O2S2.C3H4N4O2S2.CH2O3.2K.H3NO.H/c13-8(10-7-11-12-9(15)16-7)14-6-4-2-1-3-5-6;8-1(7-9)4-2-5-6-3(10)11-2;2-1-4-3;;;1-2;/h1-5H,(H,12,15)(H,10,11,13);9H,(H,6,10)(H2,4,5,7,8);1,3H;;;2H,1H2;/q;;;2*+1;;-1/p-1. The largest absolute Gasteiger partial charge is 1.00 e. The monoisotopic (exact) mass is 618 g/mol. The molecular weight excluding hydrogens is 603 g/mol. The number of H-pyrrole nitrogens is 2. The van der Waals surface area contributed by atoms with Gasteiger partial charge in [0, 0.05) is 0 Å². The van der Waals surface area contributed by atoms with E-state index in [0.717, 1.165) is 22.7 Å². The number of ether oxygens (including phenoxy) is 1. The third-order valence-electron chi connectivity index (χ3n) is 2.40. The number of amides is 3.